The first-order valence-electron chi connectivity index (χ1n) is 6.17. The maximum absolute atomic E-state index is 12.1. The Morgan fingerprint density at radius 2 is 2.14 bits per heavy atom. The molecule has 0 saturated heterocycles. The molecule has 2 amide bonds. The molecular weight excluding hydrogens is 338 g/mol. The number of hydrogen-bond donors (Lipinski definition) is 1. The fourth-order valence-electron chi connectivity index (χ4n) is 1.70. The van der Waals surface area contributed by atoms with Gasteiger partial charge in [0.25, 0.3) is 5.91 Å². The van der Waals surface area contributed by atoms with Crippen molar-refractivity contribution in [3.05, 3.63) is 46.5 Å². The molecule has 1 N–H and O–H groups in total. The minimum Gasteiger partial charge on any atom is -0.471 e. The third kappa shape index (κ3) is 3.91. The molecule has 0 bridgehead atoms. The fourth-order valence-corrected chi connectivity index (χ4v) is 1.94. The van der Waals surface area contributed by atoms with Crippen LogP contribution in [0, 0.1) is 6.92 Å². The Morgan fingerprint density at radius 1 is 1.38 bits per heavy atom. The molecule has 0 spiro atoms. The van der Waals surface area contributed by atoms with Crippen LogP contribution in [0.5, 0.6) is 0 Å². The summed E-state index contributed by atoms with van der Waals surface area (Å²) in [4.78, 5) is 29.4. The van der Waals surface area contributed by atoms with E-state index in [0.29, 0.717) is 11.4 Å². The van der Waals surface area contributed by atoms with Crippen molar-refractivity contribution in [1.82, 2.24) is 9.88 Å². The average molecular weight is 352 g/mol. The molecule has 7 heteroatoms. The highest BCUT2D eigenvalue weighted by atomic mass is 79.9. The van der Waals surface area contributed by atoms with Crippen LogP contribution in [-0.2, 0) is 4.79 Å². The molecule has 6 nitrogen and oxygen atoms in total. The Hall–Kier alpha value is -2.15. The van der Waals surface area contributed by atoms with Crippen molar-refractivity contribution in [2.24, 2.45) is 0 Å². The predicted octanol–water partition coefficient (Wildman–Crippen LogP) is 2.46. The van der Waals surface area contributed by atoms with Gasteiger partial charge in [-0.25, -0.2) is 4.98 Å². The maximum Gasteiger partial charge on any atom is 0.257 e. The van der Waals surface area contributed by atoms with E-state index >= 15 is 0 Å². The Balaban J connectivity index is 1.94. The summed E-state index contributed by atoms with van der Waals surface area (Å²) in [7, 11) is 1.56. The van der Waals surface area contributed by atoms with Crippen LogP contribution in [0.1, 0.15) is 15.9 Å². The van der Waals surface area contributed by atoms with Gasteiger partial charge in [-0.2, -0.15) is 0 Å². The normalized spacial score (nSPS) is 10.2. The second-order valence-corrected chi connectivity index (χ2v) is 5.46. The first-order valence-corrected chi connectivity index (χ1v) is 6.96. The minimum atomic E-state index is -0.318. The number of halogens is 1. The lowest BCUT2D eigenvalue weighted by Gasteiger charge is -2.16. The molecule has 2 aromatic heterocycles. The molecule has 0 saturated carbocycles. The monoisotopic (exact) mass is 351 g/mol. The minimum absolute atomic E-state index is 0.0683. The summed E-state index contributed by atoms with van der Waals surface area (Å²) in [5.74, 6) is -0.148. The third-order valence-corrected chi connectivity index (χ3v) is 3.28. The van der Waals surface area contributed by atoms with Crippen LogP contribution < -0.4 is 5.32 Å². The van der Waals surface area contributed by atoms with Crippen molar-refractivity contribution in [2.75, 3.05) is 18.9 Å². The van der Waals surface area contributed by atoms with E-state index in [0.717, 1.165) is 10.0 Å². The summed E-state index contributed by atoms with van der Waals surface area (Å²) < 4.78 is 5.79. The van der Waals surface area contributed by atoms with Gasteiger partial charge < -0.3 is 14.6 Å². The number of aryl methyl sites for hydroxylation is 1. The lowest BCUT2D eigenvalue weighted by Crippen LogP contribution is -2.35. The van der Waals surface area contributed by atoms with Crippen molar-refractivity contribution in [3.63, 3.8) is 0 Å². The molecule has 0 aromatic carbocycles. The number of hydrogen-bond acceptors (Lipinski definition) is 4. The lowest BCUT2D eigenvalue weighted by molar-refractivity contribution is -0.116. The van der Waals surface area contributed by atoms with Gasteiger partial charge in [-0.15, -0.1) is 0 Å². The Bertz CT molecular complexity index is 652. The van der Waals surface area contributed by atoms with E-state index in [-0.39, 0.29) is 18.4 Å². The summed E-state index contributed by atoms with van der Waals surface area (Å²) in [6.45, 7) is 1.71. The highest BCUT2D eigenvalue weighted by Gasteiger charge is 2.18. The van der Waals surface area contributed by atoms with E-state index in [1.54, 1.807) is 32.3 Å². The Kier molecular flexibility index (Phi) is 4.74. The van der Waals surface area contributed by atoms with Gasteiger partial charge in [0.05, 0.1) is 18.4 Å². The molecular formula is C14H14BrN3O3. The van der Waals surface area contributed by atoms with Gasteiger partial charge in [0.1, 0.15) is 12.1 Å². The summed E-state index contributed by atoms with van der Waals surface area (Å²) in [6, 6.07) is 3.44. The van der Waals surface area contributed by atoms with Gasteiger partial charge in [-0.1, -0.05) is 0 Å². The molecule has 2 aromatic rings. The topological polar surface area (TPSA) is 75.4 Å². The SMILES string of the molecule is Cc1cocc1C(=O)N(C)CC(=O)Nc1ccc(Br)cn1. The van der Waals surface area contributed by atoms with Crippen LogP contribution in [0.3, 0.4) is 0 Å². The van der Waals surface area contributed by atoms with Gasteiger partial charge in [-0.3, -0.25) is 9.59 Å². The van der Waals surface area contributed by atoms with Crippen LogP contribution in [0.15, 0.2) is 39.7 Å². The Labute approximate surface area is 130 Å². The van der Waals surface area contributed by atoms with Gasteiger partial charge in [0.2, 0.25) is 5.91 Å². The number of anilines is 1. The number of nitrogens with one attached hydrogen (secondary N) is 1. The van der Waals surface area contributed by atoms with E-state index in [2.05, 4.69) is 26.2 Å². The number of amides is 2. The van der Waals surface area contributed by atoms with Gasteiger partial charge in [0, 0.05) is 17.7 Å². The first-order chi connectivity index (χ1) is 9.97. The summed E-state index contributed by atoms with van der Waals surface area (Å²) >= 11 is 3.26. The van der Waals surface area contributed by atoms with Crippen molar-refractivity contribution < 1.29 is 14.0 Å². The molecule has 2 rings (SSSR count). The van der Waals surface area contributed by atoms with Gasteiger partial charge in [0.15, 0.2) is 0 Å². The van der Waals surface area contributed by atoms with Crippen LogP contribution >= 0.6 is 15.9 Å². The molecule has 2 heterocycles. The van der Waals surface area contributed by atoms with Crippen molar-refractivity contribution >= 4 is 33.6 Å². The zero-order valence-corrected chi connectivity index (χ0v) is 13.2. The van der Waals surface area contributed by atoms with E-state index < -0.39 is 0 Å². The number of likely N-dealkylation sites (N-methyl/N-ethyl adjacent to an activating group) is 1. The predicted molar refractivity (Wildman–Crippen MR) is 81.0 cm³/mol. The molecule has 110 valence electrons. The van der Waals surface area contributed by atoms with E-state index in [1.807, 2.05) is 0 Å². The zero-order valence-electron chi connectivity index (χ0n) is 11.6. The second-order valence-electron chi connectivity index (χ2n) is 4.54. The van der Waals surface area contributed by atoms with Crippen molar-refractivity contribution in [1.29, 1.82) is 0 Å². The van der Waals surface area contributed by atoms with Crippen LogP contribution in [0.4, 0.5) is 5.82 Å². The number of carbonyl (C=O) groups excluding carboxylic acids is 2. The second kappa shape index (κ2) is 6.53. The fraction of sp³-hybridized carbons (Fsp3) is 0.214. The molecule has 0 fully saturated rings. The largest absolute Gasteiger partial charge is 0.471 e. The third-order valence-electron chi connectivity index (χ3n) is 2.81. The van der Waals surface area contributed by atoms with Crippen molar-refractivity contribution in [2.45, 2.75) is 6.92 Å². The number of pyridine rings is 1. The van der Waals surface area contributed by atoms with Crippen LogP contribution in [0.2, 0.25) is 0 Å². The quantitative estimate of drug-likeness (QED) is 0.917. The Morgan fingerprint density at radius 3 is 2.71 bits per heavy atom. The molecule has 0 aliphatic heterocycles. The van der Waals surface area contributed by atoms with Gasteiger partial charge in [-0.05, 0) is 40.5 Å². The summed E-state index contributed by atoms with van der Waals surface area (Å²) in [6.07, 6.45) is 4.45. The number of nitrogens with zero attached hydrogens (tertiary/aromatic N) is 2. The first kappa shape index (κ1) is 15.2. The van der Waals surface area contributed by atoms with E-state index in [9.17, 15) is 9.59 Å². The molecule has 0 atom stereocenters. The van der Waals surface area contributed by atoms with E-state index in [1.165, 1.54) is 17.4 Å². The standard InChI is InChI=1S/C14H14BrN3O3/c1-9-7-21-8-11(9)14(20)18(2)6-13(19)17-12-4-3-10(15)5-16-12/h3-5,7-8H,6H2,1-2H3,(H,16,17,19). The lowest BCUT2D eigenvalue weighted by atomic mass is 10.2. The molecule has 0 aliphatic carbocycles. The number of aromatic nitrogens is 1. The van der Waals surface area contributed by atoms with Crippen molar-refractivity contribution in [3.8, 4) is 0 Å². The van der Waals surface area contributed by atoms with Crippen LogP contribution in [0.25, 0.3) is 0 Å². The van der Waals surface area contributed by atoms with Crippen LogP contribution in [-0.4, -0.2) is 35.3 Å². The van der Waals surface area contributed by atoms with Gasteiger partial charge >= 0.3 is 0 Å². The molecule has 0 aliphatic rings. The highest BCUT2D eigenvalue weighted by molar-refractivity contribution is 9.10. The number of carbonyl (C=O) groups is 2. The molecule has 0 unspecified atom stereocenters. The molecule has 0 radical (unpaired) electrons. The average Bonchev–Trinajstić information content (AvgIpc) is 2.86. The van der Waals surface area contributed by atoms with E-state index in [4.69, 9.17) is 4.42 Å². The highest BCUT2D eigenvalue weighted by Crippen LogP contribution is 2.12. The maximum atomic E-state index is 12.1. The zero-order chi connectivity index (χ0) is 15.4. The number of furan rings is 1. The number of rotatable bonds is 4. The smallest absolute Gasteiger partial charge is 0.257 e. The summed E-state index contributed by atoms with van der Waals surface area (Å²) in [5, 5.41) is 2.63. The molecule has 21 heavy (non-hydrogen) atoms. The summed E-state index contributed by atoms with van der Waals surface area (Å²) in [5.41, 5.74) is 1.19.